The van der Waals surface area contributed by atoms with E-state index in [9.17, 15) is 15.0 Å². The summed E-state index contributed by atoms with van der Waals surface area (Å²) in [6, 6.07) is 4.23. The first-order valence-electron chi connectivity index (χ1n) is 5.69. The number of β-amino-alcohol motifs (C(OH)–C–C–N with tert-alkyl or cyclic N) is 1. The van der Waals surface area contributed by atoms with E-state index in [4.69, 9.17) is 4.74 Å². The number of anilines is 1. The molecule has 2 unspecified atom stereocenters. The molecule has 0 aromatic heterocycles. The van der Waals surface area contributed by atoms with Crippen molar-refractivity contribution in [3.8, 4) is 11.5 Å². The Morgan fingerprint density at radius 1 is 1.56 bits per heavy atom. The van der Waals surface area contributed by atoms with Gasteiger partial charge in [-0.3, -0.25) is 4.79 Å². The minimum atomic E-state index is -0.481. The Morgan fingerprint density at radius 2 is 2.33 bits per heavy atom. The van der Waals surface area contributed by atoms with Gasteiger partial charge in [0.25, 0.3) is 0 Å². The highest BCUT2D eigenvalue weighted by Crippen LogP contribution is 2.28. The minimum absolute atomic E-state index is 0.0327. The van der Waals surface area contributed by atoms with Crippen LogP contribution in [0.15, 0.2) is 18.2 Å². The van der Waals surface area contributed by atoms with Gasteiger partial charge in [-0.05, 0) is 18.6 Å². The van der Waals surface area contributed by atoms with Gasteiger partial charge in [-0.2, -0.15) is 0 Å². The van der Waals surface area contributed by atoms with Gasteiger partial charge in [-0.25, -0.2) is 0 Å². The van der Waals surface area contributed by atoms with E-state index < -0.39 is 12.1 Å². The second kappa shape index (κ2) is 5.24. The van der Waals surface area contributed by atoms with Crippen LogP contribution in [0.5, 0.6) is 11.5 Å². The number of amides is 1. The fraction of sp³-hybridized carbons (Fsp3) is 0.417. The van der Waals surface area contributed by atoms with Crippen molar-refractivity contribution in [2.75, 3.05) is 19.0 Å². The molecule has 6 nitrogen and oxygen atoms in total. The van der Waals surface area contributed by atoms with Crippen molar-refractivity contribution in [2.45, 2.75) is 18.6 Å². The summed E-state index contributed by atoms with van der Waals surface area (Å²) >= 11 is 0. The Labute approximate surface area is 105 Å². The van der Waals surface area contributed by atoms with Gasteiger partial charge in [-0.1, -0.05) is 0 Å². The molecule has 18 heavy (non-hydrogen) atoms. The number of carbonyl (C=O) groups is 1. The SMILES string of the molecule is COc1ccc(NC(=O)C2CC(O)CN2)cc1O. The molecule has 1 aromatic rings. The summed E-state index contributed by atoms with van der Waals surface area (Å²) in [5.74, 6) is 0.0910. The van der Waals surface area contributed by atoms with Crippen molar-refractivity contribution in [1.29, 1.82) is 0 Å². The van der Waals surface area contributed by atoms with Crippen LogP contribution in [0.1, 0.15) is 6.42 Å². The van der Waals surface area contributed by atoms with E-state index in [0.717, 1.165) is 0 Å². The summed E-state index contributed by atoms with van der Waals surface area (Å²) in [7, 11) is 1.46. The van der Waals surface area contributed by atoms with E-state index in [0.29, 0.717) is 24.4 Å². The fourth-order valence-electron chi connectivity index (χ4n) is 1.91. The number of aliphatic hydroxyl groups excluding tert-OH is 1. The minimum Gasteiger partial charge on any atom is -0.504 e. The zero-order valence-electron chi connectivity index (χ0n) is 10.0. The summed E-state index contributed by atoms with van der Waals surface area (Å²) in [6.07, 6.45) is -0.0847. The molecule has 1 amide bonds. The first kappa shape index (κ1) is 12.7. The molecule has 1 fully saturated rings. The maximum Gasteiger partial charge on any atom is 0.241 e. The summed E-state index contributed by atoms with van der Waals surface area (Å²) in [5, 5.41) is 24.5. The topological polar surface area (TPSA) is 90.8 Å². The van der Waals surface area contributed by atoms with Gasteiger partial charge in [0.15, 0.2) is 11.5 Å². The van der Waals surface area contributed by atoms with Crippen LogP contribution >= 0.6 is 0 Å². The molecule has 1 aliphatic rings. The van der Waals surface area contributed by atoms with Gasteiger partial charge in [0, 0.05) is 18.3 Å². The molecule has 0 radical (unpaired) electrons. The predicted molar refractivity (Wildman–Crippen MR) is 65.7 cm³/mol. The molecular formula is C12H16N2O4. The van der Waals surface area contributed by atoms with Gasteiger partial charge in [0.1, 0.15) is 0 Å². The quantitative estimate of drug-likeness (QED) is 0.611. The van der Waals surface area contributed by atoms with Crippen LogP contribution < -0.4 is 15.4 Å². The average molecular weight is 252 g/mol. The van der Waals surface area contributed by atoms with Crippen LogP contribution in [-0.2, 0) is 4.79 Å². The van der Waals surface area contributed by atoms with Gasteiger partial charge in [0.05, 0.1) is 19.3 Å². The largest absolute Gasteiger partial charge is 0.504 e. The molecular weight excluding hydrogens is 236 g/mol. The Bertz CT molecular complexity index is 450. The number of hydrogen-bond acceptors (Lipinski definition) is 5. The first-order valence-corrected chi connectivity index (χ1v) is 5.69. The van der Waals surface area contributed by atoms with Crippen LogP contribution in [0.25, 0.3) is 0 Å². The van der Waals surface area contributed by atoms with Crippen molar-refractivity contribution in [3.05, 3.63) is 18.2 Å². The normalized spacial score (nSPS) is 22.8. The molecule has 2 atom stereocenters. The third-order valence-corrected chi connectivity index (χ3v) is 2.87. The summed E-state index contributed by atoms with van der Waals surface area (Å²) in [5.41, 5.74) is 0.487. The number of phenolic OH excluding ortho intramolecular Hbond substituents is 1. The number of nitrogens with one attached hydrogen (secondary N) is 2. The third-order valence-electron chi connectivity index (χ3n) is 2.87. The van der Waals surface area contributed by atoms with Gasteiger partial charge in [-0.15, -0.1) is 0 Å². The lowest BCUT2D eigenvalue weighted by Gasteiger charge is -2.12. The number of phenols is 1. The summed E-state index contributed by atoms with van der Waals surface area (Å²) in [4.78, 5) is 11.8. The van der Waals surface area contributed by atoms with Crippen molar-refractivity contribution in [1.82, 2.24) is 5.32 Å². The molecule has 0 spiro atoms. The number of rotatable bonds is 3. The summed E-state index contributed by atoms with van der Waals surface area (Å²) in [6.45, 7) is 0.423. The van der Waals surface area contributed by atoms with Crippen molar-refractivity contribution >= 4 is 11.6 Å². The van der Waals surface area contributed by atoms with Gasteiger partial charge >= 0.3 is 0 Å². The Hall–Kier alpha value is -1.79. The second-order valence-electron chi connectivity index (χ2n) is 4.23. The lowest BCUT2D eigenvalue weighted by molar-refractivity contribution is -0.117. The highest BCUT2D eigenvalue weighted by atomic mass is 16.5. The van der Waals surface area contributed by atoms with E-state index in [1.54, 1.807) is 12.1 Å². The molecule has 0 aliphatic carbocycles. The van der Waals surface area contributed by atoms with E-state index in [1.165, 1.54) is 13.2 Å². The highest BCUT2D eigenvalue weighted by molar-refractivity contribution is 5.95. The Morgan fingerprint density at radius 3 is 2.89 bits per heavy atom. The number of hydrogen-bond donors (Lipinski definition) is 4. The van der Waals surface area contributed by atoms with Crippen LogP contribution in [-0.4, -0.2) is 41.9 Å². The molecule has 1 aliphatic heterocycles. The number of aromatic hydroxyl groups is 1. The maximum atomic E-state index is 11.8. The zero-order chi connectivity index (χ0) is 13.1. The Balaban J connectivity index is 2.01. The van der Waals surface area contributed by atoms with Crippen molar-refractivity contribution in [2.24, 2.45) is 0 Å². The number of carbonyl (C=O) groups excluding carboxylic acids is 1. The zero-order valence-corrected chi connectivity index (χ0v) is 10.0. The molecule has 98 valence electrons. The number of ether oxygens (including phenoxy) is 1. The lowest BCUT2D eigenvalue weighted by Crippen LogP contribution is -2.35. The molecule has 0 saturated carbocycles. The molecule has 2 rings (SSSR count). The number of benzene rings is 1. The van der Waals surface area contributed by atoms with Crippen LogP contribution in [0.3, 0.4) is 0 Å². The van der Waals surface area contributed by atoms with Gasteiger partial charge < -0.3 is 25.6 Å². The molecule has 0 bridgehead atoms. The molecule has 6 heteroatoms. The third kappa shape index (κ3) is 2.72. The fourth-order valence-corrected chi connectivity index (χ4v) is 1.91. The molecule has 4 N–H and O–H groups in total. The van der Waals surface area contributed by atoms with E-state index >= 15 is 0 Å². The monoisotopic (exact) mass is 252 g/mol. The summed E-state index contributed by atoms with van der Waals surface area (Å²) < 4.78 is 4.91. The number of methoxy groups -OCH3 is 1. The van der Waals surface area contributed by atoms with Crippen LogP contribution in [0.2, 0.25) is 0 Å². The van der Waals surface area contributed by atoms with Crippen molar-refractivity contribution < 1.29 is 19.7 Å². The van der Waals surface area contributed by atoms with E-state index in [2.05, 4.69) is 10.6 Å². The van der Waals surface area contributed by atoms with E-state index in [1.807, 2.05) is 0 Å². The van der Waals surface area contributed by atoms with Gasteiger partial charge in [0.2, 0.25) is 5.91 Å². The maximum absolute atomic E-state index is 11.8. The van der Waals surface area contributed by atoms with E-state index in [-0.39, 0.29) is 11.7 Å². The average Bonchev–Trinajstić information content (AvgIpc) is 2.76. The standard InChI is InChI=1S/C12H16N2O4/c1-18-11-3-2-7(4-10(11)16)14-12(17)9-5-8(15)6-13-9/h2-4,8-9,13,15-16H,5-6H2,1H3,(H,14,17). The second-order valence-corrected chi connectivity index (χ2v) is 4.23. The first-order chi connectivity index (χ1) is 8.60. The predicted octanol–water partition coefficient (Wildman–Crippen LogP) is 0.0621. The highest BCUT2D eigenvalue weighted by Gasteiger charge is 2.28. The van der Waals surface area contributed by atoms with Crippen molar-refractivity contribution in [3.63, 3.8) is 0 Å². The molecule has 1 heterocycles. The number of aliphatic hydroxyl groups is 1. The van der Waals surface area contributed by atoms with Crippen LogP contribution in [0, 0.1) is 0 Å². The Kier molecular flexibility index (Phi) is 3.69. The smallest absolute Gasteiger partial charge is 0.241 e. The molecule has 1 aromatic carbocycles. The van der Waals surface area contributed by atoms with Crippen LogP contribution in [0.4, 0.5) is 5.69 Å². The molecule has 1 saturated heterocycles. The lowest BCUT2D eigenvalue weighted by atomic mass is 10.2.